The van der Waals surface area contributed by atoms with Gasteiger partial charge in [0.2, 0.25) is 0 Å². The Morgan fingerprint density at radius 2 is 1.95 bits per heavy atom. The maximum Gasteiger partial charge on any atom is 0.128 e. The summed E-state index contributed by atoms with van der Waals surface area (Å²) in [5.74, 6) is 0.889. The van der Waals surface area contributed by atoms with Crippen LogP contribution in [0.1, 0.15) is 34.1 Å². The molecule has 1 atom stereocenters. The summed E-state index contributed by atoms with van der Waals surface area (Å²) in [6, 6.07) is 3.79. The number of pyridine rings is 2. The van der Waals surface area contributed by atoms with E-state index < -0.39 is 0 Å². The number of methoxy groups -OCH3 is 1. The maximum atomic E-state index is 6.28. The fourth-order valence-electron chi connectivity index (χ4n) is 2.47. The minimum absolute atomic E-state index is 0.158. The topological polar surface area (TPSA) is 61.0 Å². The Kier molecular flexibility index (Phi) is 4.35. The number of ether oxygens (including phenoxy) is 1. The smallest absolute Gasteiger partial charge is 0.128 e. The van der Waals surface area contributed by atoms with E-state index in [9.17, 15) is 0 Å². The number of nitrogens with two attached hydrogens (primary N) is 1. The largest absolute Gasteiger partial charge is 0.496 e. The molecule has 0 radical (unpaired) electrons. The Morgan fingerprint density at radius 1 is 1.20 bits per heavy atom. The lowest BCUT2D eigenvalue weighted by Gasteiger charge is -2.16. The van der Waals surface area contributed by atoms with Crippen LogP contribution in [0.15, 0.2) is 24.5 Å². The van der Waals surface area contributed by atoms with E-state index in [0.717, 1.165) is 33.8 Å². The number of hydrogen-bond acceptors (Lipinski definition) is 4. The third-order valence-corrected chi connectivity index (χ3v) is 3.56. The fourth-order valence-corrected chi connectivity index (χ4v) is 2.47. The third kappa shape index (κ3) is 2.80. The van der Waals surface area contributed by atoms with Crippen molar-refractivity contribution in [3.8, 4) is 5.75 Å². The van der Waals surface area contributed by atoms with Gasteiger partial charge in [-0.1, -0.05) is 6.07 Å². The molecule has 0 spiro atoms. The van der Waals surface area contributed by atoms with Crippen LogP contribution in [0.25, 0.3) is 0 Å². The van der Waals surface area contributed by atoms with E-state index in [0.29, 0.717) is 6.42 Å². The van der Waals surface area contributed by atoms with Crippen molar-refractivity contribution in [1.29, 1.82) is 0 Å². The van der Waals surface area contributed by atoms with E-state index in [1.165, 1.54) is 0 Å². The number of aryl methyl sites for hydroxylation is 2. The van der Waals surface area contributed by atoms with E-state index in [-0.39, 0.29) is 6.04 Å². The summed E-state index contributed by atoms with van der Waals surface area (Å²) >= 11 is 0. The molecule has 20 heavy (non-hydrogen) atoms. The molecule has 0 aliphatic heterocycles. The van der Waals surface area contributed by atoms with Crippen LogP contribution in [0.2, 0.25) is 0 Å². The first-order valence-electron chi connectivity index (χ1n) is 6.70. The molecular formula is C16H21N3O. The standard InChI is InChI=1S/C16H21N3O/c1-10-6-5-7-18-15(10)13(17)8-14-12(3)16(20-4)11(2)9-19-14/h5-7,9,13H,8,17H2,1-4H3. The quantitative estimate of drug-likeness (QED) is 0.928. The second kappa shape index (κ2) is 6.01. The minimum Gasteiger partial charge on any atom is -0.496 e. The average Bonchev–Trinajstić information content (AvgIpc) is 2.43. The Balaban J connectivity index is 2.29. The van der Waals surface area contributed by atoms with Crippen molar-refractivity contribution >= 4 is 0 Å². The lowest BCUT2D eigenvalue weighted by atomic mass is 10.0. The number of hydrogen-bond donors (Lipinski definition) is 1. The van der Waals surface area contributed by atoms with Crippen LogP contribution in [-0.2, 0) is 6.42 Å². The first kappa shape index (κ1) is 14.5. The lowest BCUT2D eigenvalue weighted by Crippen LogP contribution is -2.17. The van der Waals surface area contributed by atoms with Gasteiger partial charge in [0.1, 0.15) is 5.75 Å². The van der Waals surface area contributed by atoms with Crippen molar-refractivity contribution in [2.75, 3.05) is 7.11 Å². The molecule has 2 N–H and O–H groups in total. The summed E-state index contributed by atoms with van der Waals surface area (Å²) in [6.07, 6.45) is 4.26. The van der Waals surface area contributed by atoms with Crippen LogP contribution in [0.3, 0.4) is 0 Å². The van der Waals surface area contributed by atoms with Gasteiger partial charge in [-0.05, 0) is 32.4 Å². The zero-order valence-electron chi connectivity index (χ0n) is 12.5. The van der Waals surface area contributed by atoms with Crippen molar-refractivity contribution in [2.45, 2.75) is 33.2 Å². The molecule has 2 heterocycles. The second-order valence-electron chi connectivity index (χ2n) is 5.06. The molecule has 0 aromatic carbocycles. The highest BCUT2D eigenvalue weighted by molar-refractivity contribution is 5.41. The Labute approximate surface area is 120 Å². The highest BCUT2D eigenvalue weighted by Crippen LogP contribution is 2.26. The van der Waals surface area contributed by atoms with Crippen molar-refractivity contribution in [3.05, 3.63) is 52.6 Å². The predicted octanol–water partition coefficient (Wildman–Crippen LogP) is 2.65. The number of nitrogens with zero attached hydrogens (tertiary/aromatic N) is 2. The molecule has 0 bridgehead atoms. The predicted molar refractivity (Wildman–Crippen MR) is 79.9 cm³/mol. The molecule has 0 saturated heterocycles. The molecule has 4 nitrogen and oxygen atoms in total. The van der Waals surface area contributed by atoms with Gasteiger partial charge in [-0.2, -0.15) is 0 Å². The van der Waals surface area contributed by atoms with Crippen LogP contribution in [0.5, 0.6) is 5.75 Å². The van der Waals surface area contributed by atoms with Gasteiger partial charge >= 0.3 is 0 Å². The molecule has 106 valence electrons. The summed E-state index contributed by atoms with van der Waals surface area (Å²) in [5, 5.41) is 0. The second-order valence-corrected chi connectivity index (χ2v) is 5.06. The number of aromatic nitrogens is 2. The fraction of sp³-hybridized carbons (Fsp3) is 0.375. The average molecular weight is 271 g/mol. The van der Waals surface area contributed by atoms with E-state index >= 15 is 0 Å². The van der Waals surface area contributed by atoms with E-state index in [2.05, 4.69) is 9.97 Å². The van der Waals surface area contributed by atoms with Gasteiger partial charge in [-0.15, -0.1) is 0 Å². The Bertz CT molecular complexity index is 611. The van der Waals surface area contributed by atoms with Crippen molar-refractivity contribution in [2.24, 2.45) is 5.73 Å². The molecule has 2 aromatic heterocycles. The van der Waals surface area contributed by atoms with E-state index in [1.54, 1.807) is 13.3 Å². The van der Waals surface area contributed by atoms with Crippen LogP contribution in [0, 0.1) is 20.8 Å². The Hall–Kier alpha value is -1.94. The number of rotatable bonds is 4. The van der Waals surface area contributed by atoms with Gasteiger partial charge in [0.25, 0.3) is 0 Å². The maximum absolute atomic E-state index is 6.28. The summed E-state index contributed by atoms with van der Waals surface area (Å²) < 4.78 is 5.43. The van der Waals surface area contributed by atoms with Crippen LogP contribution >= 0.6 is 0 Å². The van der Waals surface area contributed by atoms with E-state index in [4.69, 9.17) is 10.5 Å². The van der Waals surface area contributed by atoms with Crippen LogP contribution in [-0.4, -0.2) is 17.1 Å². The van der Waals surface area contributed by atoms with Crippen LogP contribution < -0.4 is 10.5 Å². The molecule has 0 aliphatic rings. The van der Waals surface area contributed by atoms with Gasteiger partial charge in [0.05, 0.1) is 18.8 Å². The van der Waals surface area contributed by atoms with Crippen LogP contribution in [0.4, 0.5) is 0 Å². The first-order chi connectivity index (χ1) is 9.54. The molecular weight excluding hydrogens is 250 g/mol. The van der Waals surface area contributed by atoms with Crippen molar-refractivity contribution < 1.29 is 4.74 Å². The van der Waals surface area contributed by atoms with Gasteiger partial charge in [0, 0.05) is 35.6 Å². The molecule has 2 rings (SSSR count). The molecule has 0 fully saturated rings. The van der Waals surface area contributed by atoms with Crippen molar-refractivity contribution in [1.82, 2.24) is 9.97 Å². The van der Waals surface area contributed by atoms with Gasteiger partial charge in [0.15, 0.2) is 0 Å². The summed E-state index contributed by atoms with van der Waals surface area (Å²) in [7, 11) is 1.68. The third-order valence-electron chi connectivity index (χ3n) is 3.56. The summed E-state index contributed by atoms with van der Waals surface area (Å²) in [4.78, 5) is 8.87. The zero-order chi connectivity index (χ0) is 14.7. The molecule has 1 unspecified atom stereocenters. The summed E-state index contributed by atoms with van der Waals surface area (Å²) in [6.45, 7) is 6.04. The SMILES string of the molecule is COc1c(C)cnc(CC(N)c2ncccc2C)c1C. The van der Waals surface area contributed by atoms with Gasteiger partial charge < -0.3 is 10.5 Å². The first-order valence-corrected chi connectivity index (χ1v) is 6.70. The van der Waals surface area contributed by atoms with Gasteiger partial charge in [-0.3, -0.25) is 9.97 Å². The highest BCUT2D eigenvalue weighted by atomic mass is 16.5. The molecule has 0 amide bonds. The molecule has 2 aromatic rings. The highest BCUT2D eigenvalue weighted by Gasteiger charge is 2.16. The van der Waals surface area contributed by atoms with E-state index in [1.807, 2.05) is 39.1 Å². The molecule has 4 heteroatoms. The zero-order valence-corrected chi connectivity index (χ0v) is 12.5. The normalized spacial score (nSPS) is 12.2. The minimum atomic E-state index is -0.158. The van der Waals surface area contributed by atoms with Gasteiger partial charge in [-0.25, -0.2) is 0 Å². The Morgan fingerprint density at radius 3 is 2.60 bits per heavy atom. The lowest BCUT2D eigenvalue weighted by molar-refractivity contribution is 0.406. The monoisotopic (exact) mass is 271 g/mol. The molecule has 0 saturated carbocycles. The summed E-state index contributed by atoms with van der Waals surface area (Å²) in [5.41, 5.74) is 11.4. The molecule has 0 aliphatic carbocycles. The van der Waals surface area contributed by atoms with Crippen molar-refractivity contribution in [3.63, 3.8) is 0 Å².